The summed E-state index contributed by atoms with van der Waals surface area (Å²) >= 11 is 0. The molecule has 0 aliphatic carbocycles. The van der Waals surface area contributed by atoms with Crippen molar-refractivity contribution in [2.75, 3.05) is 13.2 Å². The van der Waals surface area contributed by atoms with Crippen LogP contribution in [-0.2, 0) is 28.6 Å². The van der Waals surface area contributed by atoms with Gasteiger partial charge in [0.25, 0.3) is 0 Å². The number of carbonyl (C=O) groups is 3. The molecule has 0 spiro atoms. The van der Waals surface area contributed by atoms with Crippen molar-refractivity contribution in [3.63, 3.8) is 0 Å². The first-order valence-corrected chi connectivity index (χ1v) is 29.4. The van der Waals surface area contributed by atoms with Crippen LogP contribution in [0.4, 0.5) is 0 Å². The zero-order valence-electron chi connectivity index (χ0n) is 45.6. The highest BCUT2D eigenvalue weighted by molar-refractivity contribution is 5.71. The van der Waals surface area contributed by atoms with Crippen LogP contribution in [0.25, 0.3) is 0 Å². The third kappa shape index (κ3) is 55.6. The van der Waals surface area contributed by atoms with E-state index < -0.39 is 6.10 Å². The van der Waals surface area contributed by atoms with Crippen molar-refractivity contribution >= 4 is 17.9 Å². The van der Waals surface area contributed by atoms with Gasteiger partial charge in [-0.05, 0) is 89.9 Å². The average molecular weight is 964 g/mol. The molecule has 0 N–H and O–H groups in total. The van der Waals surface area contributed by atoms with E-state index in [1.807, 2.05) is 0 Å². The van der Waals surface area contributed by atoms with Crippen molar-refractivity contribution in [2.45, 2.75) is 297 Å². The van der Waals surface area contributed by atoms with Crippen LogP contribution in [0.3, 0.4) is 0 Å². The molecule has 0 saturated heterocycles. The van der Waals surface area contributed by atoms with Crippen LogP contribution in [0.15, 0.2) is 72.9 Å². The van der Waals surface area contributed by atoms with Gasteiger partial charge in [-0.25, -0.2) is 0 Å². The molecule has 6 heteroatoms. The second-order valence-corrected chi connectivity index (χ2v) is 19.6. The Morgan fingerprint density at radius 2 is 0.536 bits per heavy atom. The van der Waals surface area contributed by atoms with Crippen molar-refractivity contribution in [1.29, 1.82) is 0 Å². The first kappa shape index (κ1) is 65.8. The lowest BCUT2D eigenvalue weighted by molar-refractivity contribution is -0.167. The summed E-state index contributed by atoms with van der Waals surface area (Å²) in [4.78, 5) is 38.2. The zero-order chi connectivity index (χ0) is 50.0. The van der Waals surface area contributed by atoms with Crippen LogP contribution < -0.4 is 0 Å². The van der Waals surface area contributed by atoms with E-state index in [1.54, 1.807) is 0 Å². The van der Waals surface area contributed by atoms with Crippen LogP contribution in [-0.4, -0.2) is 37.2 Å². The Bertz CT molecular complexity index is 1290. The summed E-state index contributed by atoms with van der Waals surface area (Å²) < 4.78 is 16.8. The molecular formula is C63H110O6. The number of hydrogen-bond donors (Lipinski definition) is 0. The van der Waals surface area contributed by atoms with Crippen LogP contribution >= 0.6 is 0 Å². The fraction of sp³-hybridized carbons (Fsp3) is 0.762. The minimum Gasteiger partial charge on any atom is -0.462 e. The SMILES string of the molecule is CCCCC/C=C/C/C=C/C/C=C/C/C=C/CCCC(=O)O[C@@H](COC(=O)CCCCCCCCCCC/C=C/C/C=C/CCCCC)COC(=O)CCCCCCCCCCCCCCCCC. The van der Waals surface area contributed by atoms with Crippen molar-refractivity contribution < 1.29 is 28.6 Å². The number of carbonyl (C=O) groups excluding carboxylic acids is 3. The second kappa shape index (κ2) is 57.4. The highest BCUT2D eigenvalue weighted by Crippen LogP contribution is 2.16. The van der Waals surface area contributed by atoms with Crippen LogP contribution in [0.1, 0.15) is 290 Å². The summed E-state index contributed by atoms with van der Waals surface area (Å²) in [5.74, 6) is -0.946. The molecule has 0 heterocycles. The van der Waals surface area contributed by atoms with Gasteiger partial charge in [0.2, 0.25) is 0 Å². The highest BCUT2D eigenvalue weighted by atomic mass is 16.6. The predicted molar refractivity (Wildman–Crippen MR) is 298 cm³/mol. The Balaban J connectivity index is 4.44. The number of esters is 3. The molecule has 0 unspecified atom stereocenters. The summed E-state index contributed by atoms with van der Waals surface area (Å²) in [5, 5.41) is 0. The minimum atomic E-state index is -0.804. The first-order valence-electron chi connectivity index (χ1n) is 29.4. The van der Waals surface area contributed by atoms with E-state index >= 15 is 0 Å². The average Bonchev–Trinajstić information content (AvgIpc) is 3.35. The van der Waals surface area contributed by atoms with Gasteiger partial charge >= 0.3 is 17.9 Å². The smallest absolute Gasteiger partial charge is 0.306 e. The number of allylic oxidation sites excluding steroid dienone is 12. The van der Waals surface area contributed by atoms with Crippen molar-refractivity contribution in [2.24, 2.45) is 0 Å². The lowest BCUT2D eigenvalue weighted by Crippen LogP contribution is -2.30. The molecule has 0 rings (SSSR count). The molecule has 0 aliphatic rings. The molecule has 0 saturated carbocycles. The zero-order valence-corrected chi connectivity index (χ0v) is 45.6. The van der Waals surface area contributed by atoms with Crippen molar-refractivity contribution in [3.05, 3.63) is 72.9 Å². The molecule has 0 fully saturated rings. The molecule has 1 atom stereocenters. The van der Waals surface area contributed by atoms with E-state index in [9.17, 15) is 14.4 Å². The van der Waals surface area contributed by atoms with Gasteiger partial charge in [0.15, 0.2) is 6.10 Å². The number of ether oxygens (including phenoxy) is 3. The summed E-state index contributed by atoms with van der Waals surface area (Å²) in [7, 11) is 0. The van der Waals surface area contributed by atoms with E-state index in [2.05, 4.69) is 93.7 Å². The quantitative estimate of drug-likeness (QED) is 0.0262. The van der Waals surface area contributed by atoms with Gasteiger partial charge in [-0.1, -0.05) is 254 Å². The fourth-order valence-corrected chi connectivity index (χ4v) is 8.23. The molecule has 0 bridgehead atoms. The lowest BCUT2D eigenvalue weighted by Gasteiger charge is -2.18. The van der Waals surface area contributed by atoms with Crippen molar-refractivity contribution in [3.8, 4) is 0 Å². The molecule has 6 nitrogen and oxygen atoms in total. The number of rotatable bonds is 53. The number of unbranched alkanes of at least 4 members (excludes halogenated alkanes) is 30. The molecule has 0 amide bonds. The van der Waals surface area contributed by atoms with Gasteiger partial charge in [-0.3, -0.25) is 14.4 Å². The molecule has 0 aromatic rings. The largest absolute Gasteiger partial charge is 0.462 e. The number of hydrogen-bond acceptors (Lipinski definition) is 6. The third-order valence-electron chi connectivity index (χ3n) is 12.7. The molecule has 69 heavy (non-hydrogen) atoms. The predicted octanol–water partition coefficient (Wildman–Crippen LogP) is 19.8. The summed E-state index contributed by atoms with van der Waals surface area (Å²) in [6.45, 7) is 6.56. The van der Waals surface area contributed by atoms with Gasteiger partial charge in [0.05, 0.1) is 0 Å². The summed E-state index contributed by atoms with van der Waals surface area (Å²) in [6, 6.07) is 0. The van der Waals surface area contributed by atoms with Gasteiger partial charge in [0, 0.05) is 19.3 Å². The molecule has 0 radical (unpaired) electrons. The molecule has 0 aliphatic heterocycles. The summed E-state index contributed by atoms with van der Waals surface area (Å²) in [6.07, 6.45) is 73.2. The molecule has 0 aromatic carbocycles. The van der Waals surface area contributed by atoms with Crippen LogP contribution in [0.2, 0.25) is 0 Å². The van der Waals surface area contributed by atoms with E-state index in [1.165, 1.54) is 173 Å². The van der Waals surface area contributed by atoms with Gasteiger partial charge in [-0.2, -0.15) is 0 Å². The topological polar surface area (TPSA) is 78.9 Å². The Kier molecular flexibility index (Phi) is 54.8. The second-order valence-electron chi connectivity index (χ2n) is 19.6. The van der Waals surface area contributed by atoms with E-state index in [0.717, 1.165) is 70.6 Å². The first-order chi connectivity index (χ1) is 34.0. The Morgan fingerprint density at radius 3 is 0.884 bits per heavy atom. The van der Waals surface area contributed by atoms with Crippen LogP contribution in [0, 0.1) is 0 Å². The highest BCUT2D eigenvalue weighted by Gasteiger charge is 2.19. The summed E-state index contributed by atoms with van der Waals surface area (Å²) in [5.41, 5.74) is 0. The Morgan fingerprint density at radius 1 is 0.290 bits per heavy atom. The van der Waals surface area contributed by atoms with Gasteiger partial charge < -0.3 is 14.2 Å². The normalized spacial score (nSPS) is 12.6. The maximum atomic E-state index is 12.8. The van der Waals surface area contributed by atoms with Crippen LogP contribution in [0.5, 0.6) is 0 Å². The third-order valence-corrected chi connectivity index (χ3v) is 12.7. The molecular weight excluding hydrogens is 853 g/mol. The maximum absolute atomic E-state index is 12.8. The fourth-order valence-electron chi connectivity index (χ4n) is 8.23. The van der Waals surface area contributed by atoms with Gasteiger partial charge in [0.1, 0.15) is 13.2 Å². The van der Waals surface area contributed by atoms with Crippen molar-refractivity contribution in [1.82, 2.24) is 0 Å². The van der Waals surface area contributed by atoms with E-state index in [-0.39, 0.29) is 37.5 Å². The lowest BCUT2D eigenvalue weighted by atomic mass is 10.0. The standard InChI is InChI=1S/C63H110O6/c1-4-7-10-13-16-19-22-25-28-30-31-33-35-38-41-44-47-50-53-56-62(65)68-59-60(58-67-61(64)55-52-49-46-43-40-37-34-27-24-21-18-15-12-9-6-3)69-63(66)57-54-51-48-45-42-39-36-32-29-26-23-20-17-14-11-8-5-2/h16-17,19-20,25-26,28-29,36,39,45,48,60H,4-15,18,21-24,27,30-35,37-38,40-44,46-47,49-59H2,1-3H3/b19-16+,20-17+,28-25+,29-26+,39-36+,48-45+/t60-/m1/s1. The maximum Gasteiger partial charge on any atom is 0.306 e. The monoisotopic (exact) mass is 963 g/mol. The van der Waals surface area contributed by atoms with E-state index in [4.69, 9.17) is 14.2 Å². The minimum absolute atomic E-state index is 0.0959. The Hall–Kier alpha value is -3.15. The van der Waals surface area contributed by atoms with Gasteiger partial charge in [-0.15, -0.1) is 0 Å². The Labute approximate surface area is 427 Å². The molecule has 398 valence electrons. The molecule has 0 aromatic heterocycles. The van der Waals surface area contributed by atoms with E-state index in [0.29, 0.717) is 19.3 Å².